The number of methoxy groups -OCH3 is 2. The van der Waals surface area contributed by atoms with Gasteiger partial charge in [-0.1, -0.05) is 19.4 Å². The fourth-order valence-corrected chi connectivity index (χ4v) is 6.95. The molecule has 1 N–H and O–H groups in total. The van der Waals surface area contributed by atoms with E-state index in [2.05, 4.69) is 30.9 Å². The molecule has 31 heavy (non-hydrogen) atoms. The molecule has 5 nitrogen and oxygen atoms in total. The molecule has 3 fully saturated rings. The monoisotopic (exact) mass is 427 g/mol. The van der Waals surface area contributed by atoms with Crippen molar-refractivity contribution in [2.45, 2.75) is 58.4 Å². The number of nitrogens with zero attached hydrogens (tertiary/aromatic N) is 1. The summed E-state index contributed by atoms with van der Waals surface area (Å²) in [6, 6.07) is 6.38. The quantitative estimate of drug-likeness (QED) is 0.661. The highest BCUT2D eigenvalue weighted by molar-refractivity contribution is 5.88. The number of aliphatic hydroxyl groups excluding tert-OH is 1. The first-order valence-corrected chi connectivity index (χ1v) is 11.8. The highest BCUT2D eigenvalue weighted by atomic mass is 16.5. The van der Waals surface area contributed by atoms with Crippen LogP contribution in [0.2, 0.25) is 0 Å². The van der Waals surface area contributed by atoms with E-state index in [0.717, 1.165) is 57.4 Å². The van der Waals surface area contributed by atoms with E-state index in [1.54, 1.807) is 7.11 Å². The topological polar surface area (TPSA) is 59.0 Å². The largest absolute Gasteiger partial charge is 0.497 e. The van der Waals surface area contributed by atoms with Crippen molar-refractivity contribution in [2.75, 3.05) is 33.9 Å². The summed E-state index contributed by atoms with van der Waals surface area (Å²) in [6.45, 7) is 6.51. The molecular formula is C26H37NO4. The predicted octanol–water partition coefficient (Wildman–Crippen LogP) is 4.21. The number of rotatable bonds is 7. The Labute approximate surface area is 186 Å². The van der Waals surface area contributed by atoms with E-state index in [1.807, 2.05) is 6.07 Å². The fourth-order valence-electron chi connectivity index (χ4n) is 6.95. The number of hydrogen-bond acceptors (Lipinski definition) is 5. The molecule has 1 aromatic rings. The van der Waals surface area contributed by atoms with Crippen molar-refractivity contribution >= 4 is 11.5 Å². The van der Waals surface area contributed by atoms with Gasteiger partial charge in [-0.15, -0.1) is 0 Å². The Morgan fingerprint density at radius 2 is 2.13 bits per heavy atom. The van der Waals surface area contributed by atoms with E-state index in [4.69, 9.17) is 9.47 Å². The minimum atomic E-state index is -0.618. The zero-order valence-corrected chi connectivity index (χ0v) is 19.4. The van der Waals surface area contributed by atoms with E-state index < -0.39 is 5.41 Å². The number of carbonyl (C=O) groups excluding carboxylic acids is 1. The zero-order chi connectivity index (χ0) is 22.2. The van der Waals surface area contributed by atoms with E-state index in [1.165, 1.54) is 29.4 Å². The lowest BCUT2D eigenvalue weighted by Gasteiger charge is -2.59. The number of piperidine rings is 2. The van der Waals surface area contributed by atoms with Gasteiger partial charge in [-0.05, 0) is 85.3 Å². The van der Waals surface area contributed by atoms with Gasteiger partial charge in [-0.3, -0.25) is 9.69 Å². The summed E-state index contributed by atoms with van der Waals surface area (Å²) in [7, 11) is 3.24. The predicted molar refractivity (Wildman–Crippen MR) is 122 cm³/mol. The minimum absolute atomic E-state index is 0.0850. The standard InChI is InChI=1S/C26H37NO4/c1-5-6-23-21(22-14-20(30-3)8-7-17(22)2)9-11-27-16-18-13-19(10-12-28)24(27)26(23,15-18)25(29)31-4/h7-8,14,18-19,24,28H,5-6,9-13,15-16H2,1-4H3. The van der Waals surface area contributed by atoms with Gasteiger partial charge in [0, 0.05) is 25.7 Å². The number of ether oxygens (including phenoxy) is 2. The van der Waals surface area contributed by atoms with Crippen molar-refractivity contribution in [1.82, 2.24) is 4.90 Å². The first-order chi connectivity index (χ1) is 15.0. The number of aryl methyl sites for hydroxylation is 1. The number of esters is 1. The number of fused-ring (bicyclic) bond motifs is 1. The molecule has 0 radical (unpaired) electrons. The smallest absolute Gasteiger partial charge is 0.317 e. The van der Waals surface area contributed by atoms with Gasteiger partial charge < -0.3 is 14.6 Å². The van der Waals surface area contributed by atoms with Gasteiger partial charge in [0.1, 0.15) is 11.2 Å². The van der Waals surface area contributed by atoms with Crippen molar-refractivity contribution < 1.29 is 19.4 Å². The molecule has 0 aromatic heterocycles. The summed E-state index contributed by atoms with van der Waals surface area (Å²) in [5.74, 6) is 1.56. The molecule has 5 heteroatoms. The van der Waals surface area contributed by atoms with Crippen LogP contribution >= 0.6 is 0 Å². The average molecular weight is 428 g/mol. The van der Waals surface area contributed by atoms with Crippen molar-refractivity contribution in [3.05, 3.63) is 34.9 Å². The molecule has 1 aromatic carbocycles. The summed E-state index contributed by atoms with van der Waals surface area (Å²) in [5.41, 5.74) is 4.38. The lowest BCUT2D eigenvalue weighted by molar-refractivity contribution is -0.169. The van der Waals surface area contributed by atoms with Crippen LogP contribution < -0.4 is 4.74 Å². The van der Waals surface area contributed by atoms with Crippen LogP contribution in [0.15, 0.2) is 23.8 Å². The summed E-state index contributed by atoms with van der Waals surface area (Å²) in [6.07, 6.45) is 5.53. The molecule has 4 bridgehead atoms. The van der Waals surface area contributed by atoms with E-state index in [0.29, 0.717) is 11.8 Å². The van der Waals surface area contributed by atoms with Gasteiger partial charge in [0.2, 0.25) is 0 Å². The molecule has 0 amide bonds. The molecule has 3 heterocycles. The third-order valence-electron chi connectivity index (χ3n) is 7.96. The first-order valence-electron chi connectivity index (χ1n) is 11.8. The molecule has 0 spiro atoms. The second kappa shape index (κ2) is 8.95. The number of carbonyl (C=O) groups is 1. The van der Waals surface area contributed by atoms with Crippen LogP contribution in [0.5, 0.6) is 5.75 Å². The third-order valence-corrected chi connectivity index (χ3v) is 7.96. The molecule has 1 saturated carbocycles. The van der Waals surface area contributed by atoms with Gasteiger partial charge in [0.05, 0.1) is 14.2 Å². The van der Waals surface area contributed by atoms with Crippen LogP contribution in [0.3, 0.4) is 0 Å². The number of hydrogen-bond donors (Lipinski definition) is 1. The van der Waals surface area contributed by atoms with Gasteiger partial charge in [-0.2, -0.15) is 0 Å². The van der Waals surface area contributed by atoms with Crippen LogP contribution in [-0.4, -0.2) is 55.9 Å². The molecule has 170 valence electrons. The average Bonchev–Trinajstić information content (AvgIpc) is 2.87. The van der Waals surface area contributed by atoms with Crippen molar-refractivity contribution in [2.24, 2.45) is 17.3 Å². The summed E-state index contributed by atoms with van der Waals surface area (Å²) in [4.78, 5) is 16.2. The third kappa shape index (κ3) is 3.60. The molecule has 5 unspecified atom stereocenters. The van der Waals surface area contributed by atoms with Crippen molar-refractivity contribution in [3.63, 3.8) is 0 Å². The lowest BCUT2D eigenvalue weighted by Crippen LogP contribution is -2.65. The Morgan fingerprint density at radius 3 is 2.81 bits per heavy atom. The van der Waals surface area contributed by atoms with Crippen molar-refractivity contribution in [3.8, 4) is 5.75 Å². The first kappa shape index (κ1) is 22.3. The van der Waals surface area contributed by atoms with E-state index in [9.17, 15) is 9.90 Å². The molecule has 5 rings (SSSR count). The SMILES string of the molecule is CCCC1=C(c2cc(OC)ccc2C)CCN2CC3CC(CCO)C2C1(C(=O)OC)C3. The Kier molecular flexibility index (Phi) is 6.45. The Hall–Kier alpha value is -1.85. The van der Waals surface area contributed by atoms with Gasteiger partial charge in [0.25, 0.3) is 0 Å². The Bertz CT molecular complexity index is 863. The van der Waals surface area contributed by atoms with Gasteiger partial charge in [0.15, 0.2) is 0 Å². The van der Waals surface area contributed by atoms with Crippen LogP contribution in [0, 0.1) is 24.2 Å². The lowest BCUT2D eigenvalue weighted by atomic mass is 9.54. The summed E-state index contributed by atoms with van der Waals surface area (Å²) >= 11 is 0. The maximum Gasteiger partial charge on any atom is 0.317 e. The van der Waals surface area contributed by atoms with E-state index in [-0.39, 0.29) is 18.6 Å². The second-order valence-electron chi connectivity index (χ2n) is 9.62. The maximum absolute atomic E-state index is 13.7. The van der Waals surface area contributed by atoms with Gasteiger partial charge >= 0.3 is 5.97 Å². The van der Waals surface area contributed by atoms with Gasteiger partial charge in [-0.25, -0.2) is 0 Å². The normalized spacial score (nSPS) is 32.0. The Balaban J connectivity index is 1.97. The minimum Gasteiger partial charge on any atom is -0.497 e. The molecule has 5 atom stereocenters. The van der Waals surface area contributed by atoms with Crippen molar-refractivity contribution in [1.29, 1.82) is 0 Å². The number of benzene rings is 1. The maximum atomic E-state index is 13.7. The molecule has 2 saturated heterocycles. The molecule has 3 aliphatic heterocycles. The van der Waals surface area contributed by atoms with E-state index >= 15 is 0 Å². The zero-order valence-electron chi connectivity index (χ0n) is 19.4. The summed E-state index contributed by atoms with van der Waals surface area (Å²) < 4.78 is 11.1. The fraction of sp³-hybridized carbons (Fsp3) is 0.654. The second-order valence-corrected chi connectivity index (χ2v) is 9.62. The van der Waals surface area contributed by atoms with Crippen LogP contribution in [0.25, 0.3) is 5.57 Å². The molecule has 4 aliphatic rings. The highest BCUT2D eigenvalue weighted by Gasteiger charge is 2.62. The van der Waals surface area contributed by atoms with Crippen LogP contribution in [0.1, 0.15) is 56.6 Å². The molecular weight excluding hydrogens is 390 g/mol. The molecule has 1 aliphatic carbocycles. The van der Waals surface area contributed by atoms with Crippen LogP contribution in [-0.2, 0) is 9.53 Å². The number of aliphatic hydroxyl groups is 1. The van der Waals surface area contributed by atoms with Crippen LogP contribution in [0.4, 0.5) is 0 Å². The summed E-state index contributed by atoms with van der Waals surface area (Å²) in [5, 5.41) is 9.79. The highest BCUT2D eigenvalue weighted by Crippen LogP contribution is 2.59. The Morgan fingerprint density at radius 1 is 1.32 bits per heavy atom.